The second kappa shape index (κ2) is 7.28. The van der Waals surface area contributed by atoms with Gasteiger partial charge >= 0.3 is 0 Å². The molecule has 4 heteroatoms. The second-order valence-corrected chi connectivity index (χ2v) is 11.5. The minimum Gasteiger partial charge on any atom is -0.408 e. The van der Waals surface area contributed by atoms with Gasteiger partial charge in [0.25, 0.3) is 0 Å². The number of hydrogen-bond acceptors (Lipinski definition) is 3. The molecule has 0 spiro atoms. The summed E-state index contributed by atoms with van der Waals surface area (Å²) in [6.45, 7) is 11.6. The summed E-state index contributed by atoms with van der Waals surface area (Å²) in [6, 6.07) is 21.2. The number of ether oxygens (including phenoxy) is 1. The van der Waals surface area contributed by atoms with Gasteiger partial charge < -0.3 is 9.16 Å². The summed E-state index contributed by atoms with van der Waals surface area (Å²) < 4.78 is 13.0. The third-order valence-corrected chi connectivity index (χ3v) is 6.44. The van der Waals surface area contributed by atoms with Gasteiger partial charge in [0.2, 0.25) is 0 Å². The maximum Gasteiger partial charge on any atom is 0.168 e. The smallest absolute Gasteiger partial charge is 0.168 e. The summed E-state index contributed by atoms with van der Waals surface area (Å²) >= 11 is 0. The predicted octanol–water partition coefficient (Wildman–Crippen LogP) is 3.97. The molecule has 1 fully saturated rings. The van der Waals surface area contributed by atoms with Crippen LogP contribution in [-0.4, -0.2) is 28.1 Å². The molecule has 1 heterocycles. The van der Waals surface area contributed by atoms with Crippen LogP contribution in [0.2, 0.25) is 5.04 Å². The standard InChI is InChI=1S/C22H31NO2Si/c1-20(2,3)26-25-22(17-12-8-6-9-13-17,18-14-10-7-11-15-18)19-21(4,5)24-16-23-19/h6-15,19,23H,16,26H2,1-5H3/t19-/m0/s1. The Labute approximate surface area is 160 Å². The van der Waals surface area contributed by atoms with Gasteiger partial charge in [-0.25, -0.2) is 0 Å². The Bertz CT molecular complexity index is 670. The summed E-state index contributed by atoms with van der Waals surface area (Å²) in [5.41, 5.74) is 1.46. The van der Waals surface area contributed by atoms with Crippen molar-refractivity contribution in [1.82, 2.24) is 5.32 Å². The summed E-state index contributed by atoms with van der Waals surface area (Å²) in [5.74, 6) is 0. The summed E-state index contributed by atoms with van der Waals surface area (Å²) in [6.07, 6.45) is 0. The van der Waals surface area contributed by atoms with Crippen LogP contribution in [-0.2, 0) is 14.8 Å². The molecule has 0 amide bonds. The third kappa shape index (κ3) is 3.79. The van der Waals surface area contributed by atoms with Crippen LogP contribution in [0.3, 0.4) is 0 Å². The molecule has 3 nitrogen and oxygen atoms in total. The first-order valence-electron chi connectivity index (χ1n) is 9.38. The van der Waals surface area contributed by atoms with Crippen LogP contribution >= 0.6 is 0 Å². The van der Waals surface area contributed by atoms with Gasteiger partial charge in [-0.05, 0) is 30.0 Å². The fourth-order valence-corrected chi connectivity index (χ4v) is 4.89. The molecule has 2 aromatic carbocycles. The Morgan fingerprint density at radius 3 is 1.85 bits per heavy atom. The van der Waals surface area contributed by atoms with Crippen molar-refractivity contribution in [2.75, 3.05) is 6.73 Å². The molecule has 0 radical (unpaired) electrons. The topological polar surface area (TPSA) is 30.5 Å². The van der Waals surface area contributed by atoms with Crippen LogP contribution in [0.5, 0.6) is 0 Å². The summed E-state index contributed by atoms with van der Waals surface area (Å²) in [4.78, 5) is 0. The van der Waals surface area contributed by atoms with Gasteiger partial charge in [0.15, 0.2) is 9.76 Å². The molecule has 2 aromatic rings. The van der Waals surface area contributed by atoms with E-state index in [1.54, 1.807) is 0 Å². The van der Waals surface area contributed by atoms with Crippen LogP contribution in [0.4, 0.5) is 0 Å². The molecule has 0 aromatic heterocycles. The van der Waals surface area contributed by atoms with Crippen molar-refractivity contribution >= 4 is 9.76 Å². The number of nitrogens with one attached hydrogen (secondary N) is 1. The Morgan fingerprint density at radius 2 is 1.46 bits per heavy atom. The molecule has 3 rings (SSSR count). The van der Waals surface area contributed by atoms with E-state index in [0.29, 0.717) is 6.73 Å². The minimum absolute atomic E-state index is 0.0228. The largest absolute Gasteiger partial charge is 0.408 e. The normalized spacial score (nSPS) is 20.7. The molecule has 1 atom stereocenters. The molecule has 0 unspecified atom stereocenters. The molecule has 140 valence electrons. The van der Waals surface area contributed by atoms with Gasteiger partial charge in [-0.15, -0.1) is 0 Å². The van der Waals surface area contributed by atoms with E-state index in [9.17, 15) is 0 Å². The van der Waals surface area contributed by atoms with E-state index in [2.05, 4.69) is 101 Å². The van der Waals surface area contributed by atoms with Crippen LogP contribution in [0.1, 0.15) is 45.7 Å². The van der Waals surface area contributed by atoms with Crippen molar-refractivity contribution < 1.29 is 9.16 Å². The fourth-order valence-electron chi connectivity index (χ4n) is 3.73. The third-order valence-electron chi connectivity index (χ3n) is 4.97. The zero-order valence-electron chi connectivity index (χ0n) is 16.6. The van der Waals surface area contributed by atoms with Crippen LogP contribution in [0.25, 0.3) is 0 Å². The average Bonchev–Trinajstić information content (AvgIpc) is 2.96. The summed E-state index contributed by atoms with van der Waals surface area (Å²) in [5, 5.41) is 3.79. The molecule has 1 aliphatic rings. The second-order valence-electron chi connectivity index (χ2n) is 8.85. The lowest BCUT2D eigenvalue weighted by Gasteiger charge is -2.46. The molecule has 1 saturated heterocycles. The Balaban J connectivity index is 2.20. The van der Waals surface area contributed by atoms with E-state index in [1.807, 2.05) is 0 Å². The maximum absolute atomic E-state index is 6.98. The van der Waals surface area contributed by atoms with Crippen molar-refractivity contribution in [3.63, 3.8) is 0 Å². The maximum atomic E-state index is 6.98. The minimum atomic E-state index is -0.820. The van der Waals surface area contributed by atoms with E-state index in [-0.39, 0.29) is 16.7 Å². The number of hydrogen-bond donors (Lipinski definition) is 1. The van der Waals surface area contributed by atoms with Gasteiger partial charge in [-0.3, -0.25) is 5.32 Å². The molecule has 0 saturated carbocycles. The molecule has 0 aliphatic carbocycles. The van der Waals surface area contributed by atoms with E-state index in [0.717, 1.165) is 0 Å². The fraction of sp³-hybridized carbons (Fsp3) is 0.455. The highest BCUT2D eigenvalue weighted by Crippen LogP contribution is 2.44. The first-order chi connectivity index (χ1) is 12.3. The first kappa shape index (κ1) is 19.3. The zero-order chi connectivity index (χ0) is 18.8. The molecule has 1 N–H and O–H groups in total. The lowest BCUT2D eigenvalue weighted by molar-refractivity contribution is -0.0262. The van der Waals surface area contributed by atoms with Crippen LogP contribution < -0.4 is 5.32 Å². The van der Waals surface area contributed by atoms with Gasteiger partial charge in [-0.2, -0.15) is 0 Å². The summed E-state index contributed by atoms with van der Waals surface area (Å²) in [7, 11) is -0.820. The quantitative estimate of drug-likeness (QED) is 0.809. The van der Waals surface area contributed by atoms with Crippen molar-refractivity contribution in [1.29, 1.82) is 0 Å². The average molecular weight is 370 g/mol. The van der Waals surface area contributed by atoms with Gasteiger partial charge in [0.1, 0.15) is 5.60 Å². The van der Waals surface area contributed by atoms with Gasteiger partial charge in [0, 0.05) is 0 Å². The van der Waals surface area contributed by atoms with E-state index < -0.39 is 15.4 Å². The highest BCUT2D eigenvalue weighted by molar-refractivity contribution is 6.32. The van der Waals surface area contributed by atoms with Crippen molar-refractivity contribution in [3.05, 3.63) is 71.8 Å². The number of benzene rings is 2. The molecular weight excluding hydrogens is 338 g/mol. The van der Waals surface area contributed by atoms with Crippen LogP contribution in [0, 0.1) is 0 Å². The zero-order valence-corrected chi connectivity index (χ0v) is 18.0. The monoisotopic (exact) mass is 369 g/mol. The van der Waals surface area contributed by atoms with E-state index in [1.165, 1.54) is 11.1 Å². The van der Waals surface area contributed by atoms with Crippen LogP contribution in [0.15, 0.2) is 60.7 Å². The molecule has 26 heavy (non-hydrogen) atoms. The highest BCUT2D eigenvalue weighted by Gasteiger charge is 2.53. The Hall–Kier alpha value is -1.46. The van der Waals surface area contributed by atoms with Gasteiger partial charge in [-0.1, -0.05) is 81.4 Å². The Morgan fingerprint density at radius 1 is 0.962 bits per heavy atom. The number of rotatable bonds is 5. The van der Waals surface area contributed by atoms with E-state index >= 15 is 0 Å². The SMILES string of the molecule is CC(C)(C)[SiH2]OC(c1ccccc1)(c1ccccc1)[C@H]1NCOC1(C)C. The lowest BCUT2D eigenvalue weighted by atomic mass is 9.74. The predicted molar refractivity (Wildman–Crippen MR) is 110 cm³/mol. The van der Waals surface area contributed by atoms with Crippen molar-refractivity contribution in [3.8, 4) is 0 Å². The Kier molecular flexibility index (Phi) is 5.40. The van der Waals surface area contributed by atoms with Crippen molar-refractivity contribution in [2.24, 2.45) is 0 Å². The lowest BCUT2D eigenvalue weighted by Crippen LogP contribution is -2.57. The van der Waals surface area contributed by atoms with E-state index in [4.69, 9.17) is 9.16 Å². The molecule has 1 aliphatic heterocycles. The molecular formula is C22H31NO2Si. The first-order valence-corrected chi connectivity index (χ1v) is 10.7. The van der Waals surface area contributed by atoms with Crippen molar-refractivity contribution in [2.45, 2.75) is 56.9 Å². The molecule has 0 bridgehead atoms. The van der Waals surface area contributed by atoms with Gasteiger partial charge in [0.05, 0.1) is 18.4 Å². The highest BCUT2D eigenvalue weighted by atomic mass is 28.2.